The Balaban J connectivity index is 1.86. The Labute approximate surface area is 134 Å². The Kier molecular flexibility index (Phi) is 6.39. The van der Waals surface area contributed by atoms with Crippen LogP contribution in [-0.2, 0) is 11.2 Å². The maximum absolute atomic E-state index is 5.76. The smallest absolute Gasteiger partial charge is 0.247 e. The van der Waals surface area contributed by atoms with Crippen LogP contribution in [0.3, 0.4) is 0 Å². The van der Waals surface area contributed by atoms with Crippen molar-refractivity contribution in [3.8, 4) is 11.5 Å². The zero-order valence-electron chi connectivity index (χ0n) is 12.6. The summed E-state index contributed by atoms with van der Waals surface area (Å²) in [6.07, 6.45) is 5.38. The Bertz CT molecular complexity index is 569. The van der Waals surface area contributed by atoms with Crippen LogP contribution in [0, 0.1) is 6.92 Å². The molecule has 1 heterocycles. The molecule has 0 unspecified atom stereocenters. The molecule has 0 bridgehead atoms. The van der Waals surface area contributed by atoms with E-state index in [2.05, 4.69) is 32.2 Å². The van der Waals surface area contributed by atoms with Crippen LogP contribution in [0.1, 0.15) is 37.1 Å². The maximum atomic E-state index is 5.76. The van der Waals surface area contributed by atoms with E-state index >= 15 is 0 Å². The second kappa shape index (κ2) is 8.29. The fourth-order valence-corrected chi connectivity index (χ4v) is 2.68. The van der Waals surface area contributed by atoms with Crippen molar-refractivity contribution in [2.24, 2.45) is 0 Å². The topological polar surface area (TPSA) is 48.2 Å². The third kappa shape index (κ3) is 4.93. The van der Waals surface area contributed by atoms with E-state index < -0.39 is 0 Å². The Morgan fingerprint density at radius 2 is 1.95 bits per heavy atom. The van der Waals surface area contributed by atoms with Crippen molar-refractivity contribution in [1.82, 2.24) is 10.2 Å². The largest absolute Gasteiger partial charge is 0.421 e. The second-order valence-corrected chi connectivity index (χ2v) is 6.03. The van der Waals surface area contributed by atoms with E-state index in [0.717, 1.165) is 47.4 Å². The summed E-state index contributed by atoms with van der Waals surface area (Å²) in [5.41, 5.74) is 2.12. The number of benzene rings is 1. The summed E-state index contributed by atoms with van der Waals surface area (Å²) in [6, 6.07) is 6.04. The molecule has 0 fully saturated rings. The predicted octanol–water partition coefficient (Wildman–Crippen LogP) is 4.56. The number of halogens is 1. The average molecular weight is 353 g/mol. The van der Waals surface area contributed by atoms with Crippen LogP contribution in [0.25, 0.3) is 11.5 Å². The molecule has 0 N–H and O–H groups in total. The summed E-state index contributed by atoms with van der Waals surface area (Å²) in [6.45, 7) is 2.88. The molecule has 0 aliphatic carbocycles. The summed E-state index contributed by atoms with van der Waals surface area (Å²) in [5.74, 6) is 1.33. The summed E-state index contributed by atoms with van der Waals surface area (Å²) < 4.78 is 11.8. The number of methoxy groups -OCH3 is 1. The number of ether oxygens (including phenoxy) is 1. The van der Waals surface area contributed by atoms with Crippen LogP contribution in [0.2, 0.25) is 0 Å². The van der Waals surface area contributed by atoms with Gasteiger partial charge in [-0.25, -0.2) is 0 Å². The van der Waals surface area contributed by atoms with Crippen LogP contribution in [0.5, 0.6) is 0 Å². The molecule has 0 saturated carbocycles. The molecule has 21 heavy (non-hydrogen) atoms. The third-order valence-electron chi connectivity index (χ3n) is 3.37. The van der Waals surface area contributed by atoms with Crippen molar-refractivity contribution < 1.29 is 9.15 Å². The number of rotatable bonds is 8. The summed E-state index contributed by atoms with van der Waals surface area (Å²) >= 11 is 3.46. The molecule has 0 saturated heterocycles. The molecular formula is C16H21BrN2O2. The SMILES string of the molecule is COCCCCCCc1nnc(-c2ccc(Br)cc2C)o1. The first kappa shape index (κ1) is 16.2. The molecule has 0 aliphatic heterocycles. The van der Waals surface area contributed by atoms with Gasteiger partial charge in [-0.2, -0.15) is 0 Å². The molecule has 0 amide bonds. The van der Waals surface area contributed by atoms with Crippen LogP contribution in [0.4, 0.5) is 0 Å². The Hall–Kier alpha value is -1.20. The zero-order chi connectivity index (χ0) is 15.1. The van der Waals surface area contributed by atoms with Gasteiger partial charge in [0.1, 0.15) is 0 Å². The van der Waals surface area contributed by atoms with Gasteiger partial charge in [0.25, 0.3) is 0 Å². The highest BCUT2D eigenvalue weighted by Gasteiger charge is 2.10. The first-order chi connectivity index (χ1) is 10.2. The minimum atomic E-state index is 0.606. The number of hydrogen-bond donors (Lipinski definition) is 0. The van der Waals surface area contributed by atoms with Gasteiger partial charge in [-0.05, 0) is 43.5 Å². The zero-order valence-corrected chi connectivity index (χ0v) is 14.1. The molecule has 1 aromatic heterocycles. The molecule has 2 aromatic rings. The number of nitrogens with zero attached hydrogens (tertiary/aromatic N) is 2. The van der Waals surface area contributed by atoms with Crippen LogP contribution >= 0.6 is 15.9 Å². The lowest BCUT2D eigenvalue weighted by atomic mass is 10.1. The predicted molar refractivity (Wildman–Crippen MR) is 86.2 cm³/mol. The molecule has 114 valence electrons. The highest BCUT2D eigenvalue weighted by atomic mass is 79.9. The van der Waals surface area contributed by atoms with Gasteiger partial charge in [-0.1, -0.05) is 28.8 Å². The lowest BCUT2D eigenvalue weighted by Crippen LogP contribution is -1.90. The lowest BCUT2D eigenvalue weighted by molar-refractivity contribution is 0.192. The molecular weight excluding hydrogens is 332 g/mol. The van der Waals surface area contributed by atoms with Crippen molar-refractivity contribution in [3.05, 3.63) is 34.1 Å². The van der Waals surface area contributed by atoms with Crippen molar-refractivity contribution in [2.75, 3.05) is 13.7 Å². The van der Waals surface area contributed by atoms with Crippen LogP contribution in [0.15, 0.2) is 27.1 Å². The summed E-state index contributed by atoms with van der Waals surface area (Å²) in [4.78, 5) is 0. The van der Waals surface area contributed by atoms with Gasteiger partial charge in [0.2, 0.25) is 11.8 Å². The van der Waals surface area contributed by atoms with Gasteiger partial charge in [0.05, 0.1) is 0 Å². The number of unbranched alkanes of at least 4 members (excludes halogenated alkanes) is 3. The van der Waals surface area contributed by atoms with E-state index in [1.165, 1.54) is 12.8 Å². The Morgan fingerprint density at radius 1 is 1.14 bits per heavy atom. The molecule has 4 nitrogen and oxygen atoms in total. The van der Waals surface area contributed by atoms with Crippen LogP contribution in [-0.4, -0.2) is 23.9 Å². The molecule has 0 radical (unpaired) electrons. The fraction of sp³-hybridized carbons (Fsp3) is 0.500. The molecule has 0 spiro atoms. The molecule has 2 rings (SSSR count). The average Bonchev–Trinajstić information content (AvgIpc) is 2.91. The summed E-state index contributed by atoms with van der Waals surface area (Å²) in [7, 11) is 1.74. The quantitative estimate of drug-likeness (QED) is 0.653. The van der Waals surface area contributed by atoms with Gasteiger partial charge in [-0.15, -0.1) is 10.2 Å². The minimum absolute atomic E-state index is 0.606. The van der Waals surface area contributed by atoms with Gasteiger partial charge >= 0.3 is 0 Å². The highest BCUT2D eigenvalue weighted by molar-refractivity contribution is 9.10. The van der Waals surface area contributed by atoms with Crippen LogP contribution < -0.4 is 0 Å². The normalized spacial score (nSPS) is 11.0. The van der Waals surface area contributed by atoms with Gasteiger partial charge in [0.15, 0.2) is 0 Å². The Morgan fingerprint density at radius 3 is 2.71 bits per heavy atom. The maximum Gasteiger partial charge on any atom is 0.247 e. The summed E-state index contributed by atoms with van der Waals surface area (Å²) in [5, 5.41) is 8.29. The first-order valence-corrected chi connectivity index (χ1v) is 8.08. The van der Waals surface area contributed by atoms with E-state index in [0.29, 0.717) is 5.89 Å². The minimum Gasteiger partial charge on any atom is -0.421 e. The van der Waals surface area contributed by atoms with E-state index in [1.807, 2.05) is 19.1 Å². The van der Waals surface area contributed by atoms with Gasteiger partial charge in [0, 0.05) is 30.2 Å². The molecule has 0 atom stereocenters. The van der Waals surface area contributed by atoms with E-state index in [9.17, 15) is 0 Å². The number of hydrogen-bond acceptors (Lipinski definition) is 4. The van der Waals surface area contributed by atoms with Crippen molar-refractivity contribution >= 4 is 15.9 Å². The first-order valence-electron chi connectivity index (χ1n) is 7.28. The number of aryl methyl sites for hydroxylation is 2. The highest BCUT2D eigenvalue weighted by Crippen LogP contribution is 2.25. The van der Waals surface area contributed by atoms with Gasteiger partial charge < -0.3 is 9.15 Å². The van der Waals surface area contributed by atoms with Crippen molar-refractivity contribution in [2.45, 2.75) is 39.0 Å². The lowest BCUT2D eigenvalue weighted by Gasteiger charge is -2.01. The van der Waals surface area contributed by atoms with E-state index in [-0.39, 0.29) is 0 Å². The third-order valence-corrected chi connectivity index (χ3v) is 3.87. The molecule has 1 aromatic carbocycles. The molecule has 0 aliphatic rings. The standard InChI is InChI=1S/C16H21BrN2O2/c1-12-11-13(17)8-9-14(12)16-19-18-15(21-16)7-5-3-4-6-10-20-2/h8-9,11H,3-7,10H2,1-2H3. The van der Waals surface area contributed by atoms with E-state index in [4.69, 9.17) is 9.15 Å². The second-order valence-electron chi connectivity index (χ2n) is 5.12. The van der Waals surface area contributed by atoms with E-state index in [1.54, 1.807) is 7.11 Å². The fourth-order valence-electron chi connectivity index (χ4n) is 2.21. The van der Waals surface area contributed by atoms with Crippen molar-refractivity contribution in [3.63, 3.8) is 0 Å². The van der Waals surface area contributed by atoms with Gasteiger partial charge in [-0.3, -0.25) is 0 Å². The van der Waals surface area contributed by atoms with Crippen molar-refractivity contribution in [1.29, 1.82) is 0 Å². The monoisotopic (exact) mass is 352 g/mol. The molecule has 5 heteroatoms. The number of aromatic nitrogens is 2.